The number of aromatic hydroxyl groups is 1. The lowest BCUT2D eigenvalue weighted by Gasteiger charge is -2.12. The minimum atomic E-state index is -0.329. The molecule has 0 fully saturated rings. The highest BCUT2D eigenvalue weighted by molar-refractivity contribution is 14.0. The van der Waals surface area contributed by atoms with Crippen molar-refractivity contribution in [1.82, 2.24) is 20.9 Å². The minimum Gasteiger partial charge on any atom is -0.507 e. The van der Waals surface area contributed by atoms with Gasteiger partial charge in [0.25, 0.3) is 11.8 Å². The zero-order valence-corrected chi connectivity index (χ0v) is 20.3. The van der Waals surface area contributed by atoms with Crippen LogP contribution >= 0.6 is 24.0 Å². The Morgan fingerprint density at radius 3 is 2.23 bits per heavy atom. The number of nitrogens with one attached hydrogen (secondary N) is 3. The summed E-state index contributed by atoms with van der Waals surface area (Å²) in [6, 6.07) is 13.8. The van der Waals surface area contributed by atoms with Crippen molar-refractivity contribution in [2.75, 3.05) is 33.7 Å². The lowest BCUT2D eigenvalue weighted by molar-refractivity contribution is 0.0827. The van der Waals surface area contributed by atoms with Crippen LogP contribution in [0.3, 0.4) is 0 Å². The van der Waals surface area contributed by atoms with E-state index in [1.165, 1.54) is 11.0 Å². The molecular weight excluding hydrogens is 509 g/mol. The number of hydrogen-bond acceptors (Lipinski definition) is 4. The van der Waals surface area contributed by atoms with Gasteiger partial charge in [0.2, 0.25) is 0 Å². The number of phenols is 1. The normalized spacial score (nSPS) is 10.6. The molecule has 0 saturated heterocycles. The largest absolute Gasteiger partial charge is 0.507 e. The van der Waals surface area contributed by atoms with Crippen LogP contribution in [-0.4, -0.2) is 61.5 Å². The standard InChI is InChI=1S/C22H29N5O3.HI/c1-4-23-22(25-14-13-24-20(29)18-7-5-6-8-19(18)28)26-15-16-9-11-17(12-10-16)21(30)27(2)3;/h5-12,28H,4,13-15H2,1-3H3,(H,24,29)(H2,23,25,26);1H. The number of halogens is 1. The van der Waals surface area contributed by atoms with Crippen molar-refractivity contribution in [1.29, 1.82) is 0 Å². The highest BCUT2D eigenvalue weighted by Crippen LogP contribution is 2.14. The van der Waals surface area contributed by atoms with Crippen LogP contribution in [0.1, 0.15) is 33.2 Å². The Hall–Kier alpha value is -2.82. The molecule has 31 heavy (non-hydrogen) atoms. The number of phenolic OH excluding ortho intramolecular Hbond substituents is 1. The summed E-state index contributed by atoms with van der Waals surface area (Å²) in [6.45, 7) is 3.97. The SMILES string of the molecule is CCNC(=NCc1ccc(C(=O)N(C)C)cc1)NCCNC(=O)c1ccccc1O.I. The molecule has 0 spiro atoms. The van der Waals surface area contributed by atoms with Gasteiger partial charge in [-0.2, -0.15) is 0 Å². The number of para-hydroxylation sites is 1. The van der Waals surface area contributed by atoms with Gasteiger partial charge in [0.05, 0.1) is 12.1 Å². The predicted molar refractivity (Wildman–Crippen MR) is 133 cm³/mol. The molecule has 0 aliphatic rings. The molecule has 0 aromatic heterocycles. The molecule has 4 N–H and O–H groups in total. The van der Waals surface area contributed by atoms with E-state index in [-0.39, 0.29) is 47.1 Å². The fourth-order valence-corrected chi connectivity index (χ4v) is 2.64. The van der Waals surface area contributed by atoms with Crippen LogP contribution in [0.4, 0.5) is 0 Å². The molecular formula is C22H30IN5O3. The Bertz CT molecular complexity index is 885. The van der Waals surface area contributed by atoms with Crippen molar-refractivity contribution in [3.05, 3.63) is 65.2 Å². The van der Waals surface area contributed by atoms with Crippen molar-refractivity contribution in [2.45, 2.75) is 13.5 Å². The summed E-state index contributed by atoms with van der Waals surface area (Å²) < 4.78 is 0. The zero-order valence-electron chi connectivity index (χ0n) is 18.0. The summed E-state index contributed by atoms with van der Waals surface area (Å²) in [5.41, 5.74) is 1.86. The third kappa shape index (κ3) is 8.44. The van der Waals surface area contributed by atoms with Crippen LogP contribution < -0.4 is 16.0 Å². The first-order valence-corrected chi connectivity index (χ1v) is 9.81. The Morgan fingerprint density at radius 1 is 0.968 bits per heavy atom. The molecule has 9 heteroatoms. The van der Waals surface area contributed by atoms with Crippen molar-refractivity contribution in [3.63, 3.8) is 0 Å². The van der Waals surface area contributed by atoms with Crippen LogP contribution in [0.25, 0.3) is 0 Å². The monoisotopic (exact) mass is 539 g/mol. The molecule has 0 bridgehead atoms. The van der Waals surface area contributed by atoms with Gasteiger partial charge in [-0.05, 0) is 36.8 Å². The lowest BCUT2D eigenvalue weighted by Crippen LogP contribution is -2.41. The number of carbonyl (C=O) groups excluding carboxylic acids is 2. The first-order valence-electron chi connectivity index (χ1n) is 9.81. The molecule has 0 atom stereocenters. The number of nitrogens with zero attached hydrogens (tertiary/aromatic N) is 2. The Labute approximate surface area is 200 Å². The van der Waals surface area contributed by atoms with Gasteiger partial charge in [-0.25, -0.2) is 4.99 Å². The van der Waals surface area contributed by atoms with Crippen LogP contribution in [-0.2, 0) is 6.54 Å². The molecule has 2 aromatic rings. The molecule has 8 nitrogen and oxygen atoms in total. The highest BCUT2D eigenvalue weighted by Gasteiger charge is 2.09. The van der Waals surface area contributed by atoms with Crippen molar-refractivity contribution in [3.8, 4) is 5.75 Å². The summed E-state index contributed by atoms with van der Waals surface area (Å²) in [5.74, 6) is 0.217. The first-order chi connectivity index (χ1) is 14.4. The quantitative estimate of drug-likeness (QED) is 0.178. The maximum absolute atomic E-state index is 12.1. The zero-order chi connectivity index (χ0) is 21.9. The molecule has 2 amide bonds. The van der Waals surface area contributed by atoms with E-state index in [1.54, 1.807) is 44.4 Å². The summed E-state index contributed by atoms with van der Waals surface area (Å²) in [5, 5.41) is 18.8. The predicted octanol–water partition coefficient (Wildman–Crippen LogP) is 2.20. The number of amides is 2. The smallest absolute Gasteiger partial charge is 0.255 e. The third-order valence-corrected chi connectivity index (χ3v) is 4.22. The summed E-state index contributed by atoms with van der Waals surface area (Å²) in [6.07, 6.45) is 0. The van der Waals surface area contributed by atoms with E-state index >= 15 is 0 Å². The van der Waals surface area contributed by atoms with Gasteiger partial charge >= 0.3 is 0 Å². The van der Waals surface area contributed by atoms with Gasteiger partial charge < -0.3 is 26.0 Å². The molecule has 0 aliphatic carbocycles. The van der Waals surface area contributed by atoms with E-state index in [1.807, 2.05) is 19.1 Å². The van der Waals surface area contributed by atoms with E-state index in [9.17, 15) is 14.7 Å². The fourth-order valence-electron chi connectivity index (χ4n) is 2.64. The second kappa shape index (κ2) is 13.5. The first kappa shape index (κ1) is 26.2. The highest BCUT2D eigenvalue weighted by atomic mass is 127. The summed E-state index contributed by atoms with van der Waals surface area (Å²) >= 11 is 0. The average Bonchev–Trinajstić information content (AvgIpc) is 2.74. The molecule has 168 valence electrons. The summed E-state index contributed by atoms with van der Waals surface area (Å²) in [7, 11) is 3.44. The molecule has 0 unspecified atom stereocenters. The van der Waals surface area contributed by atoms with Crippen LogP contribution in [0.5, 0.6) is 5.75 Å². The molecule has 0 heterocycles. The van der Waals surface area contributed by atoms with Crippen LogP contribution in [0.2, 0.25) is 0 Å². The Morgan fingerprint density at radius 2 is 1.61 bits per heavy atom. The van der Waals surface area contributed by atoms with Gasteiger partial charge in [0.15, 0.2) is 5.96 Å². The fraction of sp³-hybridized carbons (Fsp3) is 0.318. The summed E-state index contributed by atoms with van der Waals surface area (Å²) in [4.78, 5) is 30.1. The number of guanidine groups is 1. The van der Waals surface area contributed by atoms with E-state index < -0.39 is 0 Å². The number of benzene rings is 2. The second-order valence-corrected chi connectivity index (χ2v) is 6.79. The third-order valence-electron chi connectivity index (χ3n) is 4.22. The van der Waals surface area contributed by atoms with Crippen molar-refractivity contribution < 1.29 is 14.7 Å². The molecule has 0 aliphatic heterocycles. The Kier molecular flexibility index (Phi) is 11.4. The second-order valence-electron chi connectivity index (χ2n) is 6.79. The van der Waals surface area contributed by atoms with Crippen molar-refractivity contribution in [2.24, 2.45) is 4.99 Å². The van der Waals surface area contributed by atoms with E-state index in [0.717, 1.165) is 5.56 Å². The van der Waals surface area contributed by atoms with Gasteiger partial charge in [0.1, 0.15) is 5.75 Å². The molecule has 2 rings (SSSR count). The molecule has 0 saturated carbocycles. The number of aliphatic imine (C=N–C) groups is 1. The Balaban J connectivity index is 0.00000480. The minimum absolute atomic E-state index is 0. The molecule has 0 radical (unpaired) electrons. The van der Waals surface area contributed by atoms with Gasteiger partial charge in [-0.3, -0.25) is 9.59 Å². The maximum Gasteiger partial charge on any atom is 0.255 e. The van der Waals surface area contributed by atoms with Gasteiger partial charge in [0, 0.05) is 39.3 Å². The van der Waals surface area contributed by atoms with E-state index in [0.29, 0.717) is 37.7 Å². The van der Waals surface area contributed by atoms with E-state index in [2.05, 4.69) is 20.9 Å². The average molecular weight is 539 g/mol. The van der Waals surface area contributed by atoms with E-state index in [4.69, 9.17) is 0 Å². The number of carbonyl (C=O) groups is 2. The van der Waals surface area contributed by atoms with Gasteiger partial charge in [-0.1, -0.05) is 24.3 Å². The lowest BCUT2D eigenvalue weighted by atomic mass is 10.1. The topological polar surface area (TPSA) is 106 Å². The number of hydrogen-bond donors (Lipinski definition) is 4. The van der Waals surface area contributed by atoms with Gasteiger partial charge in [-0.15, -0.1) is 24.0 Å². The van der Waals surface area contributed by atoms with Crippen LogP contribution in [0.15, 0.2) is 53.5 Å². The van der Waals surface area contributed by atoms with Crippen molar-refractivity contribution >= 4 is 41.8 Å². The maximum atomic E-state index is 12.1. The van der Waals surface area contributed by atoms with Crippen LogP contribution in [0, 0.1) is 0 Å². The molecule has 2 aromatic carbocycles. The number of rotatable bonds is 8.